The van der Waals surface area contributed by atoms with E-state index in [4.69, 9.17) is 0 Å². The van der Waals surface area contributed by atoms with Crippen LogP contribution in [-0.4, -0.2) is 22.7 Å². The van der Waals surface area contributed by atoms with Crippen molar-refractivity contribution >= 4 is 34.5 Å². The summed E-state index contributed by atoms with van der Waals surface area (Å²) < 4.78 is 11.5. The zero-order valence-electron chi connectivity index (χ0n) is 13.2. The van der Waals surface area contributed by atoms with Crippen LogP contribution in [0.4, 0.5) is 10.5 Å². The maximum Gasteiger partial charge on any atom is 0.356 e. The van der Waals surface area contributed by atoms with E-state index in [-0.39, 0.29) is 0 Å². The van der Waals surface area contributed by atoms with Crippen LogP contribution in [0.3, 0.4) is 0 Å². The van der Waals surface area contributed by atoms with Gasteiger partial charge < -0.3 is 4.55 Å². The molecule has 0 aliphatic carbocycles. The van der Waals surface area contributed by atoms with E-state index in [0.717, 1.165) is 11.1 Å². The second-order valence-electron chi connectivity index (χ2n) is 5.41. The van der Waals surface area contributed by atoms with E-state index >= 15 is 0 Å². The standard InChI is InChI=1S/C18H15N2O3S/c1-12-3-5-13(6-4-12)16-11-17(21)19-18(22)20(16)14-7-9-15(10-8-14)24(2)23/h3-11H,1-2H3. The lowest BCUT2D eigenvalue weighted by atomic mass is 10.1. The number of carbonyl (C=O) groups excluding carboxylic acids is 2. The van der Waals surface area contributed by atoms with Crippen molar-refractivity contribution in [3.63, 3.8) is 0 Å². The Kier molecular flexibility index (Phi) is 4.42. The molecule has 3 amide bonds. The number of urea groups is 1. The first-order chi connectivity index (χ1) is 11.5. The number of nitrogens with zero attached hydrogens (tertiary/aromatic N) is 2. The van der Waals surface area contributed by atoms with Gasteiger partial charge in [-0.25, -0.2) is 4.79 Å². The first kappa shape index (κ1) is 16.3. The van der Waals surface area contributed by atoms with Crippen molar-refractivity contribution in [2.75, 3.05) is 11.2 Å². The fourth-order valence-corrected chi connectivity index (χ4v) is 2.95. The van der Waals surface area contributed by atoms with E-state index in [0.29, 0.717) is 16.3 Å². The number of rotatable bonds is 3. The predicted octanol–water partition coefficient (Wildman–Crippen LogP) is 2.84. The molecule has 0 spiro atoms. The van der Waals surface area contributed by atoms with Crippen LogP contribution in [0.15, 0.2) is 59.5 Å². The monoisotopic (exact) mass is 339 g/mol. The molecule has 1 aliphatic heterocycles. The molecule has 1 radical (unpaired) electrons. The van der Waals surface area contributed by atoms with Crippen molar-refractivity contribution in [2.24, 2.45) is 0 Å². The van der Waals surface area contributed by atoms with Crippen molar-refractivity contribution in [3.05, 3.63) is 65.7 Å². The molecule has 2 aromatic carbocycles. The summed E-state index contributed by atoms with van der Waals surface area (Å²) in [5.41, 5.74) is 2.88. The van der Waals surface area contributed by atoms with Crippen molar-refractivity contribution in [1.82, 2.24) is 5.32 Å². The summed E-state index contributed by atoms with van der Waals surface area (Å²) in [6, 6.07) is 13.7. The largest absolute Gasteiger partial charge is 0.612 e. The average molecular weight is 339 g/mol. The van der Waals surface area contributed by atoms with Crippen LogP contribution < -0.4 is 10.2 Å². The normalized spacial score (nSPS) is 15.8. The van der Waals surface area contributed by atoms with Crippen molar-refractivity contribution in [3.8, 4) is 0 Å². The molecule has 0 fully saturated rings. The molecule has 3 rings (SSSR count). The predicted molar refractivity (Wildman–Crippen MR) is 92.9 cm³/mol. The Labute approximate surface area is 143 Å². The van der Waals surface area contributed by atoms with Gasteiger partial charge in [-0.3, -0.25) is 9.69 Å². The van der Waals surface area contributed by atoms with Crippen LogP contribution in [0.25, 0.3) is 5.70 Å². The van der Waals surface area contributed by atoms with Crippen LogP contribution in [0.1, 0.15) is 11.1 Å². The molecule has 1 heterocycles. The molecule has 0 saturated heterocycles. The van der Waals surface area contributed by atoms with Gasteiger partial charge in [0, 0.05) is 6.08 Å². The van der Waals surface area contributed by atoms with Gasteiger partial charge in [0.25, 0.3) is 5.91 Å². The molecule has 0 N–H and O–H groups in total. The van der Waals surface area contributed by atoms with Gasteiger partial charge in [-0.1, -0.05) is 29.8 Å². The van der Waals surface area contributed by atoms with Gasteiger partial charge >= 0.3 is 6.03 Å². The second-order valence-corrected chi connectivity index (χ2v) is 6.79. The van der Waals surface area contributed by atoms with E-state index in [1.54, 1.807) is 30.5 Å². The third-order valence-corrected chi connectivity index (χ3v) is 4.61. The summed E-state index contributed by atoms with van der Waals surface area (Å²) in [5, 5.41) is 3.50. The first-order valence-corrected chi connectivity index (χ1v) is 8.83. The maximum absolute atomic E-state index is 12.3. The number of imide groups is 1. The Morgan fingerprint density at radius 1 is 1.00 bits per heavy atom. The molecular weight excluding hydrogens is 324 g/mol. The molecule has 0 saturated carbocycles. The Balaban J connectivity index is 2.05. The molecule has 2 aromatic rings. The summed E-state index contributed by atoms with van der Waals surface area (Å²) in [4.78, 5) is 26.1. The molecule has 121 valence electrons. The quantitative estimate of drug-likeness (QED) is 0.807. The van der Waals surface area contributed by atoms with Gasteiger partial charge in [-0.2, -0.15) is 5.32 Å². The highest BCUT2D eigenvalue weighted by atomic mass is 32.2. The highest BCUT2D eigenvalue weighted by Crippen LogP contribution is 2.29. The number of anilines is 1. The molecule has 5 nitrogen and oxygen atoms in total. The van der Waals surface area contributed by atoms with E-state index in [9.17, 15) is 14.1 Å². The number of carbonyl (C=O) groups is 2. The third kappa shape index (κ3) is 3.20. The Morgan fingerprint density at radius 3 is 2.21 bits per heavy atom. The highest BCUT2D eigenvalue weighted by Gasteiger charge is 2.29. The fourth-order valence-electron chi connectivity index (χ4n) is 2.43. The summed E-state index contributed by atoms with van der Waals surface area (Å²) in [6.07, 6.45) is 2.94. The van der Waals surface area contributed by atoms with Crippen LogP contribution in [-0.2, 0) is 16.0 Å². The lowest BCUT2D eigenvalue weighted by Gasteiger charge is -2.27. The van der Waals surface area contributed by atoms with Crippen LogP contribution in [0.2, 0.25) is 0 Å². The first-order valence-electron chi connectivity index (χ1n) is 7.28. The molecule has 0 aromatic heterocycles. The summed E-state index contributed by atoms with van der Waals surface area (Å²) in [6.45, 7) is 1.96. The van der Waals surface area contributed by atoms with Crippen molar-refractivity contribution in [1.29, 1.82) is 0 Å². The number of amides is 3. The highest BCUT2D eigenvalue weighted by molar-refractivity contribution is 7.90. The van der Waals surface area contributed by atoms with Gasteiger partial charge in [0.15, 0.2) is 4.90 Å². The number of hydrogen-bond donors (Lipinski definition) is 0. The zero-order valence-corrected chi connectivity index (χ0v) is 14.0. The second kappa shape index (κ2) is 6.51. The fraction of sp³-hybridized carbons (Fsp3) is 0.111. The Morgan fingerprint density at radius 2 is 1.62 bits per heavy atom. The van der Waals surface area contributed by atoms with Crippen LogP contribution in [0.5, 0.6) is 0 Å². The minimum absolute atomic E-state index is 0.477. The number of hydrogen-bond acceptors (Lipinski definition) is 3. The molecule has 24 heavy (non-hydrogen) atoms. The zero-order chi connectivity index (χ0) is 17.3. The number of aryl methyl sites for hydroxylation is 1. The topological polar surface area (TPSA) is 74.5 Å². The molecular formula is C18H15N2O3S. The molecule has 1 atom stereocenters. The van der Waals surface area contributed by atoms with Gasteiger partial charge in [0.2, 0.25) is 0 Å². The average Bonchev–Trinajstić information content (AvgIpc) is 2.55. The molecule has 6 heteroatoms. The van der Waals surface area contributed by atoms with Gasteiger partial charge in [-0.15, -0.1) is 0 Å². The van der Waals surface area contributed by atoms with Crippen LogP contribution in [0, 0.1) is 6.92 Å². The molecule has 0 bridgehead atoms. The van der Waals surface area contributed by atoms with Gasteiger partial charge in [0.05, 0.1) is 11.4 Å². The van der Waals surface area contributed by atoms with E-state index < -0.39 is 23.1 Å². The van der Waals surface area contributed by atoms with Crippen LogP contribution >= 0.6 is 0 Å². The minimum atomic E-state index is -1.10. The van der Waals surface area contributed by atoms with Gasteiger partial charge in [-0.05, 0) is 47.9 Å². The number of benzene rings is 2. The molecule has 1 aliphatic rings. The Hall–Kier alpha value is -2.57. The summed E-state index contributed by atoms with van der Waals surface area (Å²) >= 11 is -1.10. The maximum atomic E-state index is 12.3. The Bertz CT molecular complexity index is 811. The third-order valence-electron chi connectivity index (χ3n) is 3.67. The van der Waals surface area contributed by atoms with E-state index in [1.807, 2.05) is 31.2 Å². The SMILES string of the molecule is Cc1ccc(C2=CC(=O)[N]C(=O)N2c2ccc([S+](C)[O-])cc2)cc1. The minimum Gasteiger partial charge on any atom is -0.612 e. The lowest BCUT2D eigenvalue weighted by Crippen LogP contribution is -2.41. The van der Waals surface area contributed by atoms with Gasteiger partial charge in [0.1, 0.15) is 6.26 Å². The molecule has 1 unspecified atom stereocenters. The summed E-state index contributed by atoms with van der Waals surface area (Å²) in [7, 11) is 0. The van der Waals surface area contributed by atoms with Crippen molar-refractivity contribution in [2.45, 2.75) is 11.8 Å². The van der Waals surface area contributed by atoms with E-state index in [1.165, 1.54) is 11.0 Å². The lowest BCUT2D eigenvalue weighted by molar-refractivity contribution is -0.115. The van der Waals surface area contributed by atoms with Crippen molar-refractivity contribution < 1.29 is 14.1 Å². The van der Waals surface area contributed by atoms with E-state index in [2.05, 4.69) is 5.32 Å². The smallest absolute Gasteiger partial charge is 0.356 e. The summed E-state index contributed by atoms with van der Waals surface area (Å²) in [5.74, 6) is -0.571.